The number of hydrogen-bond donors (Lipinski definition) is 1. The second kappa shape index (κ2) is 8.12. The predicted octanol–water partition coefficient (Wildman–Crippen LogP) is 3.48. The summed E-state index contributed by atoms with van der Waals surface area (Å²) in [6.07, 6.45) is 4.06. The fourth-order valence-corrected chi connectivity index (χ4v) is 3.29. The molecule has 1 unspecified atom stereocenters. The molecule has 0 radical (unpaired) electrons. The normalized spacial score (nSPS) is 16.9. The van der Waals surface area contributed by atoms with E-state index in [1.807, 2.05) is 18.2 Å². The lowest BCUT2D eigenvalue weighted by atomic mass is 10.0. The lowest BCUT2D eigenvalue weighted by Crippen LogP contribution is -2.34. The molecule has 2 aromatic rings. The number of aromatic nitrogens is 2. The van der Waals surface area contributed by atoms with Crippen molar-refractivity contribution in [3.05, 3.63) is 24.5 Å². The monoisotopic (exact) mass is 358 g/mol. The minimum atomic E-state index is 0.561. The van der Waals surface area contributed by atoms with Gasteiger partial charge in [-0.25, -0.2) is 9.97 Å². The average molecular weight is 358 g/mol. The first-order valence-electron chi connectivity index (χ1n) is 8.78. The third-order valence-electron chi connectivity index (χ3n) is 4.57. The number of anilines is 3. The van der Waals surface area contributed by atoms with Gasteiger partial charge in [-0.05, 0) is 18.8 Å². The van der Waals surface area contributed by atoms with E-state index in [1.165, 1.54) is 12.8 Å². The SMILES string of the molecule is COc1cc(Nc2cc(N3CCCC(C)C3)ncn2)cc(OC)c1OC. The molecule has 0 aliphatic carbocycles. The number of hydrogen-bond acceptors (Lipinski definition) is 7. The number of rotatable bonds is 6. The van der Waals surface area contributed by atoms with Crippen molar-refractivity contribution < 1.29 is 14.2 Å². The van der Waals surface area contributed by atoms with E-state index < -0.39 is 0 Å². The maximum atomic E-state index is 5.40. The molecule has 1 aliphatic heterocycles. The molecule has 0 amide bonds. The molecule has 2 heterocycles. The molecule has 0 bridgehead atoms. The van der Waals surface area contributed by atoms with E-state index in [2.05, 4.69) is 27.1 Å². The Morgan fingerprint density at radius 2 is 1.77 bits per heavy atom. The number of methoxy groups -OCH3 is 3. The molecule has 1 aliphatic rings. The van der Waals surface area contributed by atoms with Crippen LogP contribution in [0.25, 0.3) is 0 Å². The number of piperidine rings is 1. The molecular weight excluding hydrogens is 332 g/mol. The first kappa shape index (κ1) is 18.1. The first-order valence-corrected chi connectivity index (χ1v) is 8.78. The van der Waals surface area contributed by atoms with Crippen molar-refractivity contribution in [1.82, 2.24) is 9.97 Å². The van der Waals surface area contributed by atoms with Crippen molar-refractivity contribution >= 4 is 17.3 Å². The maximum absolute atomic E-state index is 5.40. The highest BCUT2D eigenvalue weighted by Crippen LogP contribution is 2.40. The van der Waals surface area contributed by atoms with Crippen molar-refractivity contribution in [1.29, 1.82) is 0 Å². The number of nitrogens with one attached hydrogen (secondary N) is 1. The molecule has 3 rings (SSSR count). The van der Waals surface area contributed by atoms with Crippen molar-refractivity contribution in [2.24, 2.45) is 5.92 Å². The molecule has 1 aromatic heterocycles. The highest BCUT2D eigenvalue weighted by Gasteiger charge is 2.18. The summed E-state index contributed by atoms with van der Waals surface area (Å²) in [6, 6.07) is 5.68. The van der Waals surface area contributed by atoms with E-state index in [-0.39, 0.29) is 0 Å². The lowest BCUT2D eigenvalue weighted by Gasteiger charge is -2.31. The largest absolute Gasteiger partial charge is 0.493 e. The smallest absolute Gasteiger partial charge is 0.203 e. The van der Waals surface area contributed by atoms with Crippen LogP contribution >= 0.6 is 0 Å². The fourth-order valence-electron chi connectivity index (χ4n) is 3.29. The second-order valence-corrected chi connectivity index (χ2v) is 6.49. The summed E-state index contributed by atoms with van der Waals surface area (Å²) < 4.78 is 16.2. The number of ether oxygens (including phenoxy) is 3. The van der Waals surface area contributed by atoms with Crippen LogP contribution in [-0.2, 0) is 0 Å². The van der Waals surface area contributed by atoms with Crippen molar-refractivity contribution in [2.75, 3.05) is 44.6 Å². The lowest BCUT2D eigenvalue weighted by molar-refractivity contribution is 0.324. The Morgan fingerprint density at radius 1 is 1.04 bits per heavy atom. The molecule has 26 heavy (non-hydrogen) atoms. The van der Waals surface area contributed by atoms with Gasteiger partial charge in [0, 0.05) is 37.0 Å². The molecule has 1 N–H and O–H groups in total. The summed E-state index contributed by atoms with van der Waals surface area (Å²) >= 11 is 0. The zero-order valence-electron chi connectivity index (χ0n) is 15.8. The van der Waals surface area contributed by atoms with Gasteiger partial charge in [0.1, 0.15) is 18.0 Å². The zero-order valence-corrected chi connectivity index (χ0v) is 15.8. The van der Waals surface area contributed by atoms with E-state index in [9.17, 15) is 0 Å². The summed E-state index contributed by atoms with van der Waals surface area (Å²) in [5.41, 5.74) is 0.802. The van der Waals surface area contributed by atoms with Crippen molar-refractivity contribution in [3.63, 3.8) is 0 Å². The predicted molar refractivity (Wildman–Crippen MR) is 102 cm³/mol. The van der Waals surface area contributed by atoms with E-state index in [1.54, 1.807) is 27.7 Å². The molecule has 1 saturated heterocycles. The van der Waals surface area contributed by atoms with Gasteiger partial charge in [-0.2, -0.15) is 0 Å². The van der Waals surface area contributed by atoms with E-state index in [0.29, 0.717) is 23.2 Å². The molecule has 1 atom stereocenters. The minimum absolute atomic E-state index is 0.561. The fraction of sp³-hybridized carbons (Fsp3) is 0.474. The highest BCUT2D eigenvalue weighted by atomic mass is 16.5. The van der Waals surface area contributed by atoms with Crippen LogP contribution in [0.15, 0.2) is 24.5 Å². The Labute approximate surface area is 154 Å². The summed E-state index contributed by atoms with van der Waals surface area (Å²) in [4.78, 5) is 11.1. The van der Waals surface area contributed by atoms with E-state index in [0.717, 1.165) is 30.4 Å². The molecule has 1 aromatic carbocycles. The van der Waals surface area contributed by atoms with Crippen LogP contribution in [0.3, 0.4) is 0 Å². The Morgan fingerprint density at radius 3 is 2.38 bits per heavy atom. The minimum Gasteiger partial charge on any atom is -0.493 e. The highest BCUT2D eigenvalue weighted by molar-refractivity contribution is 5.67. The van der Waals surface area contributed by atoms with Gasteiger partial charge in [0.05, 0.1) is 21.3 Å². The van der Waals surface area contributed by atoms with Gasteiger partial charge in [-0.3, -0.25) is 0 Å². The van der Waals surface area contributed by atoms with Crippen LogP contribution in [-0.4, -0.2) is 44.4 Å². The average Bonchev–Trinajstić information content (AvgIpc) is 2.67. The maximum Gasteiger partial charge on any atom is 0.203 e. The molecule has 7 heteroatoms. The molecule has 0 saturated carbocycles. The van der Waals surface area contributed by atoms with Gasteiger partial charge < -0.3 is 24.4 Å². The van der Waals surface area contributed by atoms with Crippen molar-refractivity contribution in [2.45, 2.75) is 19.8 Å². The molecular formula is C19H26N4O3. The van der Waals surface area contributed by atoms with Gasteiger partial charge in [0.25, 0.3) is 0 Å². The van der Waals surface area contributed by atoms with Gasteiger partial charge in [-0.15, -0.1) is 0 Å². The number of nitrogens with zero attached hydrogens (tertiary/aromatic N) is 3. The summed E-state index contributed by atoms with van der Waals surface area (Å²) in [7, 11) is 4.78. The summed E-state index contributed by atoms with van der Waals surface area (Å²) in [6.45, 7) is 4.34. The molecule has 140 valence electrons. The van der Waals surface area contributed by atoms with E-state index in [4.69, 9.17) is 14.2 Å². The van der Waals surface area contributed by atoms with Crippen LogP contribution < -0.4 is 24.4 Å². The third kappa shape index (κ3) is 3.92. The zero-order chi connectivity index (χ0) is 18.5. The topological polar surface area (TPSA) is 68.7 Å². The van der Waals surface area contributed by atoms with Crippen LogP contribution in [0, 0.1) is 5.92 Å². The van der Waals surface area contributed by atoms with Crippen LogP contribution in [0.2, 0.25) is 0 Å². The van der Waals surface area contributed by atoms with Crippen LogP contribution in [0.5, 0.6) is 17.2 Å². The van der Waals surface area contributed by atoms with Gasteiger partial charge in [-0.1, -0.05) is 6.92 Å². The van der Waals surface area contributed by atoms with Crippen LogP contribution in [0.1, 0.15) is 19.8 Å². The van der Waals surface area contributed by atoms with Crippen molar-refractivity contribution in [3.8, 4) is 17.2 Å². The van der Waals surface area contributed by atoms with Gasteiger partial charge >= 0.3 is 0 Å². The second-order valence-electron chi connectivity index (χ2n) is 6.49. The van der Waals surface area contributed by atoms with Gasteiger partial charge in [0.15, 0.2) is 11.5 Å². The third-order valence-corrected chi connectivity index (χ3v) is 4.57. The summed E-state index contributed by atoms with van der Waals surface area (Å²) in [5.74, 6) is 4.10. The van der Waals surface area contributed by atoms with Crippen LogP contribution in [0.4, 0.5) is 17.3 Å². The standard InChI is InChI=1S/C19H26N4O3/c1-13-6-5-7-23(11-13)18-10-17(20-12-21-18)22-14-8-15(24-2)19(26-4)16(9-14)25-3/h8-10,12-13H,5-7,11H2,1-4H3,(H,20,21,22). The van der Waals surface area contributed by atoms with Gasteiger partial charge in [0.2, 0.25) is 5.75 Å². The quantitative estimate of drug-likeness (QED) is 0.848. The van der Waals surface area contributed by atoms with E-state index >= 15 is 0 Å². The molecule has 0 spiro atoms. The Balaban J connectivity index is 1.84. The Bertz CT molecular complexity index is 728. The Kier molecular flexibility index (Phi) is 5.65. The first-order chi connectivity index (χ1) is 12.6. The molecule has 7 nitrogen and oxygen atoms in total. The summed E-state index contributed by atoms with van der Waals surface area (Å²) in [5, 5.41) is 3.30. The molecule has 1 fully saturated rings. The Hall–Kier alpha value is -2.70. The number of benzene rings is 1.